The Morgan fingerprint density at radius 1 is 1.11 bits per heavy atom. The zero-order chi connectivity index (χ0) is 13.8. The van der Waals surface area contributed by atoms with Gasteiger partial charge in [-0.25, -0.2) is 0 Å². The molecule has 103 valence electrons. The molecule has 0 N–H and O–H groups in total. The minimum absolute atomic E-state index is 0.143. The molecule has 0 atom stereocenters. The van der Waals surface area contributed by atoms with Crippen molar-refractivity contribution in [1.29, 1.82) is 0 Å². The summed E-state index contributed by atoms with van der Waals surface area (Å²) in [6.45, 7) is 8.92. The summed E-state index contributed by atoms with van der Waals surface area (Å²) in [5.74, 6) is 1.57. The molecule has 1 aromatic rings. The zero-order valence-corrected chi connectivity index (χ0v) is 13.1. The summed E-state index contributed by atoms with van der Waals surface area (Å²) in [7, 11) is 0. The lowest BCUT2D eigenvalue weighted by Gasteiger charge is -2.35. The predicted octanol–water partition coefficient (Wildman–Crippen LogP) is 2.82. The van der Waals surface area contributed by atoms with Crippen LogP contribution in [0.4, 0.5) is 0 Å². The summed E-state index contributed by atoms with van der Waals surface area (Å²) in [5.41, 5.74) is 0.773. The summed E-state index contributed by atoms with van der Waals surface area (Å²) >= 11 is 3.39. The summed E-state index contributed by atoms with van der Waals surface area (Å²) in [4.78, 5) is 16.7. The van der Waals surface area contributed by atoms with Crippen molar-refractivity contribution in [2.24, 2.45) is 0 Å². The SMILES string of the molecule is C[C](C)CN1CCN(C(=O)c2ccc(Br)cc2)CC1. The van der Waals surface area contributed by atoms with Crippen molar-refractivity contribution in [3.8, 4) is 0 Å². The van der Waals surface area contributed by atoms with Gasteiger partial charge >= 0.3 is 0 Å². The third-order valence-electron chi connectivity index (χ3n) is 3.29. The number of benzene rings is 1. The van der Waals surface area contributed by atoms with Gasteiger partial charge in [-0.05, 0) is 30.2 Å². The molecule has 1 radical (unpaired) electrons. The van der Waals surface area contributed by atoms with E-state index in [0.717, 1.165) is 42.8 Å². The summed E-state index contributed by atoms with van der Waals surface area (Å²) < 4.78 is 1.00. The van der Waals surface area contributed by atoms with Gasteiger partial charge in [0, 0.05) is 42.8 Å². The number of hydrogen-bond donors (Lipinski definition) is 0. The van der Waals surface area contributed by atoms with Gasteiger partial charge in [-0.3, -0.25) is 9.69 Å². The van der Waals surface area contributed by atoms with Gasteiger partial charge in [-0.15, -0.1) is 0 Å². The molecule has 3 nitrogen and oxygen atoms in total. The molecule has 0 bridgehead atoms. The molecule has 1 aliphatic heterocycles. The quantitative estimate of drug-likeness (QED) is 0.854. The fourth-order valence-electron chi connectivity index (χ4n) is 2.33. The number of rotatable bonds is 3. The average Bonchev–Trinajstić information content (AvgIpc) is 2.39. The third kappa shape index (κ3) is 4.05. The number of amides is 1. The minimum Gasteiger partial charge on any atom is -0.336 e. The molecule has 19 heavy (non-hydrogen) atoms. The Morgan fingerprint density at radius 2 is 1.68 bits per heavy atom. The maximum absolute atomic E-state index is 12.3. The average molecular weight is 324 g/mol. The summed E-state index contributed by atoms with van der Waals surface area (Å²) in [6.07, 6.45) is 0. The second-order valence-corrected chi connectivity index (χ2v) is 6.20. The molecule has 0 aliphatic carbocycles. The van der Waals surface area contributed by atoms with E-state index >= 15 is 0 Å². The van der Waals surface area contributed by atoms with Crippen LogP contribution in [0.5, 0.6) is 0 Å². The van der Waals surface area contributed by atoms with Crippen LogP contribution in [0.2, 0.25) is 0 Å². The van der Waals surface area contributed by atoms with E-state index in [1.807, 2.05) is 29.2 Å². The first kappa shape index (κ1) is 14.5. The highest BCUT2D eigenvalue weighted by Gasteiger charge is 2.22. The van der Waals surface area contributed by atoms with Crippen molar-refractivity contribution < 1.29 is 4.79 Å². The Hall–Kier alpha value is -0.870. The van der Waals surface area contributed by atoms with E-state index in [1.54, 1.807) is 0 Å². The van der Waals surface area contributed by atoms with Crippen LogP contribution < -0.4 is 0 Å². The van der Waals surface area contributed by atoms with Crippen molar-refractivity contribution in [3.63, 3.8) is 0 Å². The lowest BCUT2D eigenvalue weighted by Crippen LogP contribution is -2.49. The number of carbonyl (C=O) groups excluding carboxylic acids is 1. The number of carbonyl (C=O) groups is 1. The van der Waals surface area contributed by atoms with Crippen LogP contribution >= 0.6 is 15.9 Å². The second-order valence-electron chi connectivity index (χ2n) is 5.28. The maximum Gasteiger partial charge on any atom is 0.253 e. The van der Waals surface area contributed by atoms with Gasteiger partial charge in [0.25, 0.3) is 5.91 Å². The van der Waals surface area contributed by atoms with Crippen LogP contribution in [0.3, 0.4) is 0 Å². The fourth-order valence-corrected chi connectivity index (χ4v) is 2.60. The molecule has 4 heteroatoms. The minimum atomic E-state index is 0.143. The standard InChI is InChI=1S/C15H20BrN2O/c1-12(2)11-17-7-9-18(10-8-17)15(19)13-3-5-14(16)6-4-13/h3-6H,7-11H2,1-2H3. The van der Waals surface area contributed by atoms with Crippen LogP contribution in [0, 0.1) is 5.92 Å². The van der Waals surface area contributed by atoms with Crippen LogP contribution in [0.15, 0.2) is 28.7 Å². The van der Waals surface area contributed by atoms with Crippen molar-refractivity contribution in [2.75, 3.05) is 32.7 Å². The molecule has 0 unspecified atom stereocenters. The highest BCUT2D eigenvalue weighted by Crippen LogP contribution is 2.14. The smallest absolute Gasteiger partial charge is 0.253 e. The molecular weight excluding hydrogens is 304 g/mol. The van der Waals surface area contributed by atoms with E-state index in [9.17, 15) is 4.79 Å². The van der Waals surface area contributed by atoms with Crippen LogP contribution in [-0.4, -0.2) is 48.4 Å². The largest absolute Gasteiger partial charge is 0.336 e. The molecule has 1 amide bonds. The van der Waals surface area contributed by atoms with Gasteiger partial charge in [0.2, 0.25) is 0 Å². The number of hydrogen-bond acceptors (Lipinski definition) is 2. The lowest BCUT2D eigenvalue weighted by atomic mass is 10.1. The van der Waals surface area contributed by atoms with Gasteiger partial charge in [-0.1, -0.05) is 29.8 Å². The van der Waals surface area contributed by atoms with E-state index in [0.29, 0.717) is 0 Å². The van der Waals surface area contributed by atoms with Crippen LogP contribution in [0.1, 0.15) is 24.2 Å². The van der Waals surface area contributed by atoms with E-state index in [2.05, 4.69) is 34.7 Å². The molecule has 0 aromatic heterocycles. The highest BCUT2D eigenvalue weighted by molar-refractivity contribution is 9.10. The number of halogens is 1. The first-order chi connectivity index (χ1) is 9.06. The van der Waals surface area contributed by atoms with E-state index in [1.165, 1.54) is 5.92 Å². The molecule has 0 spiro atoms. The van der Waals surface area contributed by atoms with E-state index in [4.69, 9.17) is 0 Å². The molecule has 0 saturated carbocycles. The molecule has 1 heterocycles. The maximum atomic E-state index is 12.3. The Morgan fingerprint density at radius 3 is 2.21 bits per heavy atom. The topological polar surface area (TPSA) is 23.6 Å². The molecule has 1 saturated heterocycles. The van der Waals surface area contributed by atoms with Gasteiger partial charge in [0.15, 0.2) is 0 Å². The molecule has 1 fully saturated rings. The van der Waals surface area contributed by atoms with E-state index in [-0.39, 0.29) is 5.91 Å². The first-order valence-corrected chi connectivity index (χ1v) is 7.42. The Balaban J connectivity index is 1.90. The van der Waals surface area contributed by atoms with Crippen molar-refractivity contribution in [1.82, 2.24) is 9.80 Å². The first-order valence-electron chi connectivity index (χ1n) is 6.62. The zero-order valence-electron chi connectivity index (χ0n) is 11.5. The Bertz CT molecular complexity index is 422. The van der Waals surface area contributed by atoms with Crippen molar-refractivity contribution in [2.45, 2.75) is 13.8 Å². The Labute approximate surface area is 123 Å². The molecule has 2 rings (SSSR count). The van der Waals surface area contributed by atoms with Crippen molar-refractivity contribution in [3.05, 3.63) is 40.2 Å². The van der Waals surface area contributed by atoms with Gasteiger partial charge in [0.05, 0.1) is 0 Å². The van der Waals surface area contributed by atoms with Gasteiger partial charge < -0.3 is 4.90 Å². The summed E-state index contributed by atoms with van der Waals surface area (Å²) in [5, 5.41) is 0. The van der Waals surface area contributed by atoms with E-state index < -0.39 is 0 Å². The normalized spacial score (nSPS) is 16.9. The Kier molecular flexibility index (Phi) is 4.99. The van der Waals surface area contributed by atoms with Crippen LogP contribution in [0.25, 0.3) is 0 Å². The monoisotopic (exact) mass is 323 g/mol. The second kappa shape index (κ2) is 6.53. The number of piperazine rings is 1. The molecule has 1 aliphatic rings. The van der Waals surface area contributed by atoms with Crippen LogP contribution in [-0.2, 0) is 0 Å². The third-order valence-corrected chi connectivity index (χ3v) is 3.82. The van der Waals surface area contributed by atoms with Crippen molar-refractivity contribution >= 4 is 21.8 Å². The molecule has 1 aromatic carbocycles. The van der Waals surface area contributed by atoms with Gasteiger partial charge in [-0.2, -0.15) is 0 Å². The predicted molar refractivity (Wildman–Crippen MR) is 81.1 cm³/mol. The fraction of sp³-hybridized carbons (Fsp3) is 0.467. The molecular formula is C15H20BrN2O. The highest BCUT2D eigenvalue weighted by atomic mass is 79.9. The lowest BCUT2D eigenvalue weighted by molar-refractivity contribution is 0.0643. The summed E-state index contributed by atoms with van der Waals surface area (Å²) in [6, 6.07) is 7.59. The van der Waals surface area contributed by atoms with Gasteiger partial charge in [0.1, 0.15) is 0 Å². The number of nitrogens with zero attached hydrogens (tertiary/aromatic N) is 2.